The van der Waals surface area contributed by atoms with Gasteiger partial charge in [-0.15, -0.1) is 10.2 Å². The van der Waals surface area contributed by atoms with Gasteiger partial charge in [0.2, 0.25) is 5.91 Å². The van der Waals surface area contributed by atoms with Gasteiger partial charge in [0.15, 0.2) is 11.0 Å². The highest BCUT2D eigenvalue weighted by molar-refractivity contribution is 8.00. The Morgan fingerprint density at radius 1 is 1.00 bits per heavy atom. The number of benzene rings is 2. The lowest BCUT2D eigenvalue weighted by Crippen LogP contribution is -2.33. The molecule has 7 heteroatoms. The Kier molecular flexibility index (Phi) is 7.60. The Labute approximate surface area is 194 Å². The van der Waals surface area contributed by atoms with Crippen LogP contribution in [0.25, 0.3) is 5.69 Å². The SMILES string of the molecule is CC(Sc1nnc(CN2CCCCC2)n1-c1ccccc1)C(=O)N(C)Cc1ccccc1. The van der Waals surface area contributed by atoms with Crippen molar-refractivity contribution in [1.29, 1.82) is 0 Å². The molecule has 1 aliphatic rings. The van der Waals surface area contributed by atoms with E-state index in [1.54, 1.807) is 4.90 Å². The van der Waals surface area contributed by atoms with Gasteiger partial charge >= 0.3 is 0 Å². The van der Waals surface area contributed by atoms with Gasteiger partial charge in [0, 0.05) is 19.3 Å². The lowest BCUT2D eigenvalue weighted by molar-refractivity contribution is -0.129. The maximum atomic E-state index is 13.1. The molecule has 1 fully saturated rings. The number of carbonyl (C=O) groups is 1. The maximum Gasteiger partial charge on any atom is 0.235 e. The van der Waals surface area contributed by atoms with Crippen LogP contribution in [-0.4, -0.2) is 55.9 Å². The monoisotopic (exact) mass is 449 g/mol. The van der Waals surface area contributed by atoms with Gasteiger partial charge in [0.25, 0.3) is 0 Å². The molecule has 1 unspecified atom stereocenters. The first kappa shape index (κ1) is 22.6. The quantitative estimate of drug-likeness (QED) is 0.478. The van der Waals surface area contributed by atoms with E-state index in [1.165, 1.54) is 31.0 Å². The van der Waals surface area contributed by atoms with Crippen molar-refractivity contribution in [1.82, 2.24) is 24.6 Å². The van der Waals surface area contributed by atoms with E-state index < -0.39 is 0 Å². The van der Waals surface area contributed by atoms with E-state index in [0.717, 1.165) is 41.9 Å². The predicted octanol–water partition coefficient (Wildman–Crippen LogP) is 4.39. The summed E-state index contributed by atoms with van der Waals surface area (Å²) < 4.78 is 2.11. The van der Waals surface area contributed by atoms with Crippen LogP contribution in [0.15, 0.2) is 65.8 Å². The summed E-state index contributed by atoms with van der Waals surface area (Å²) in [4.78, 5) is 17.3. The third kappa shape index (κ3) is 5.58. The molecule has 32 heavy (non-hydrogen) atoms. The highest BCUT2D eigenvalue weighted by atomic mass is 32.2. The molecule has 1 saturated heterocycles. The Hall–Kier alpha value is -2.64. The molecule has 1 aromatic heterocycles. The van der Waals surface area contributed by atoms with Crippen molar-refractivity contribution in [2.45, 2.75) is 49.7 Å². The molecule has 2 aromatic carbocycles. The largest absolute Gasteiger partial charge is 0.340 e. The first-order valence-corrected chi connectivity index (χ1v) is 12.2. The third-order valence-electron chi connectivity index (χ3n) is 5.80. The number of hydrogen-bond acceptors (Lipinski definition) is 5. The third-order valence-corrected chi connectivity index (χ3v) is 6.83. The molecule has 1 aliphatic heterocycles. The van der Waals surface area contributed by atoms with Gasteiger partial charge in [-0.3, -0.25) is 14.3 Å². The Balaban J connectivity index is 1.51. The minimum absolute atomic E-state index is 0.0824. The number of rotatable bonds is 8. The normalized spacial score (nSPS) is 15.4. The minimum atomic E-state index is -0.266. The number of likely N-dealkylation sites (tertiary alicyclic amines) is 1. The van der Waals surface area contributed by atoms with Crippen molar-refractivity contribution < 1.29 is 4.79 Å². The summed E-state index contributed by atoms with van der Waals surface area (Å²) in [7, 11) is 1.86. The molecule has 168 valence electrons. The summed E-state index contributed by atoms with van der Waals surface area (Å²) in [6.45, 7) is 5.52. The number of hydrogen-bond donors (Lipinski definition) is 0. The van der Waals surface area contributed by atoms with E-state index in [0.29, 0.717) is 6.54 Å². The van der Waals surface area contributed by atoms with Gasteiger partial charge in [0.1, 0.15) is 0 Å². The zero-order valence-corrected chi connectivity index (χ0v) is 19.7. The summed E-state index contributed by atoms with van der Waals surface area (Å²) in [5.74, 6) is 1.01. The number of carbonyl (C=O) groups excluding carboxylic acids is 1. The van der Waals surface area contributed by atoms with Crippen molar-refractivity contribution >= 4 is 17.7 Å². The van der Waals surface area contributed by atoms with Gasteiger partial charge < -0.3 is 4.90 Å². The fraction of sp³-hybridized carbons (Fsp3) is 0.400. The van der Waals surface area contributed by atoms with Crippen LogP contribution < -0.4 is 0 Å². The number of piperidine rings is 1. The van der Waals surface area contributed by atoms with Crippen molar-refractivity contribution in [3.63, 3.8) is 0 Å². The van der Waals surface area contributed by atoms with E-state index in [1.807, 2.05) is 62.5 Å². The van der Waals surface area contributed by atoms with Crippen molar-refractivity contribution in [2.24, 2.45) is 0 Å². The molecule has 0 saturated carbocycles. The zero-order valence-electron chi connectivity index (χ0n) is 18.9. The molecular formula is C25H31N5OS. The topological polar surface area (TPSA) is 54.3 Å². The van der Waals surface area contributed by atoms with Gasteiger partial charge in [-0.2, -0.15) is 0 Å². The molecule has 1 atom stereocenters. The van der Waals surface area contributed by atoms with Gasteiger partial charge in [-0.05, 0) is 50.6 Å². The van der Waals surface area contributed by atoms with Crippen molar-refractivity contribution in [3.8, 4) is 5.69 Å². The smallest absolute Gasteiger partial charge is 0.235 e. The van der Waals surface area contributed by atoms with Crippen LogP contribution in [0, 0.1) is 0 Å². The number of para-hydroxylation sites is 1. The maximum absolute atomic E-state index is 13.1. The second-order valence-electron chi connectivity index (χ2n) is 8.35. The Bertz CT molecular complexity index is 1000. The standard InChI is InChI=1S/C25H31N5OS/c1-20(24(31)28(2)18-21-12-6-3-7-13-21)32-25-27-26-23(19-29-16-10-5-11-17-29)30(25)22-14-8-4-9-15-22/h3-4,6-9,12-15,20H,5,10-11,16-19H2,1-2H3. The molecule has 0 bridgehead atoms. The molecular weight excluding hydrogens is 418 g/mol. The fourth-order valence-corrected chi connectivity index (χ4v) is 5.09. The molecule has 0 spiro atoms. The predicted molar refractivity (Wildman–Crippen MR) is 129 cm³/mol. The number of aromatic nitrogens is 3. The number of nitrogens with zero attached hydrogens (tertiary/aromatic N) is 5. The molecule has 0 N–H and O–H groups in total. The number of amides is 1. The zero-order chi connectivity index (χ0) is 22.3. The summed E-state index contributed by atoms with van der Waals surface area (Å²) >= 11 is 1.47. The summed E-state index contributed by atoms with van der Waals surface area (Å²) in [6.07, 6.45) is 3.78. The van der Waals surface area contributed by atoms with E-state index >= 15 is 0 Å². The fourth-order valence-electron chi connectivity index (χ4n) is 4.09. The van der Waals surface area contributed by atoms with Crippen LogP contribution >= 0.6 is 11.8 Å². The van der Waals surface area contributed by atoms with E-state index in [2.05, 4.69) is 31.8 Å². The second-order valence-corrected chi connectivity index (χ2v) is 9.65. The first-order valence-electron chi connectivity index (χ1n) is 11.3. The van der Waals surface area contributed by atoms with Crippen molar-refractivity contribution in [2.75, 3.05) is 20.1 Å². The summed E-state index contributed by atoms with van der Waals surface area (Å²) in [5, 5.41) is 9.54. The highest BCUT2D eigenvalue weighted by Crippen LogP contribution is 2.27. The minimum Gasteiger partial charge on any atom is -0.340 e. The molecule has 0 radical (unpaired) electrons. The molecule has 0 aliphatic carbocycles. The van der Waals surface area contributed by atoms with Crippen molar-refractivity contribution in [3.05, 3.63) is 72.1 Å². The molecule has 2 heterocycles. The van der Waals surface area contributed by atoms with Gasteiger partial charge in [-0.25, -0.2) is 0 Å². The van der Waals surface area contributed by atoms with E-state index in [9.17, 15) is 4.79 Å². The lowest BCUT2D eigenvalue weighted by atomic mass is 10.1. The second kappa shape index (κ2) is 10.8. The average Bonchev–Trinajstić information content (AvgIpc) is 3.22. The van der Waals surface area contributed by atoms with Crippen LogP contribution in [0.5, 0.6) is 0 Å². The van der Waals surface area contributed by atoms with Gasteiger partial charge in [0.05, 0.1) is 11.8 Å². The summed E-state index contributed by atoms with van der Waals surface area (Å²) in [6, 6.07) is 20.3. The number of thioether (sulfide) groups is 1. The van der Waals surface area contributed by atoms with Crippen LogP contribution in [-0.2, 0) is 17.9 Å². The van der Waals surface area contributed by atoms with Crippen LogP contribution in [0.3, 0.4) is 0 Å². The van der Waals surface area contributed by atoms with Gasteiger partial charge in [-0.1, -0.05) is 66.7 Å². The van der Waals surface area contributed by atoms with Crippen LogP contribution in [0.2, 0.25) is 0 Å². The molecule has 4 rings (SSSR count). The lowest BCUT2D eigenvalue weighted by Gasteiger charge is -2.26. The van der Waals surface area contributed by atoms with Crippen LogP contribution in [0.1, 0.15) is 37.6 Å². The van der Waals surface area contributed by atoms with Crippen LogP contribution in [0.4, 0.5) is 0 Å². The summed E-state index contributed by atoms with van der Waals surface area (Å²) in [5.41, 5.74) is 2.15. The van der Waals surface area contributed by atoms with E-state index in [-0.39, 0.29) is 11.2 Å². The Morgan fingerprint density at radius 3 is 2.34 bits per heavy atom. The first-order chi connectivity index (χ1) is 15.6. The average molecular weight is 450 g/mol. The molecule has 3 aromatic rings. The molecule has 1 amide bonds. The highest BCUT2D eigenvalue weighted by Gasteiger charge is 2.24. The Morgan fingerprint density at radius 2 is 1.66 bits per heavy atom. The van der Waals surface area contributed by atoms with E-state index in [4.69, 9.17) is 0 Å². The molecule has 6 nitrogen and oxygen atoms in total.